The van der Waals surface area contributed by atoms with E-state index in [1.54, 1.807) is 19.2 Å². The first-order valence-corrected chi connectivity index (χ1v) is 9.75. The lowest BCUT2D eigenvalue weighted by Crippen LogP contribution is -2.45. The Hall–Kier alpha value is -2.80. The van der Waals surface area contributed by atoms with E-state index in [-0.39, 0.29) is 35.9 Å². The van der Waals surface area contributed by atoms with Crippen LogP contribution in [0.1, 0.15) is 47.9 Å². The van der Waals surface area contributed by atoms with Crippen LogP contribution in [0.3, 0.4) is 0 Å². The van der Waals surface area contributed by atoms with E-state index >= 15 is 0 Å². The molecule has 6 nitrogen and oxygen atoms in total. The van der Waals surface area contributed by atoms with Gasteiger partial charge in [0.15, 0.2) is 5.78 Å². The number of hydrogen-bond acceptors (Lipinski definition) is 4. The number of carbonyl (C=O) groups is 2. The van der Waals surface area contributed by atoms with Crippen molar-refractivity contribution in [2.24, 2.45) is 0 Å². The largest absolute Gasteiger partial charge is 0.337 e. The number of hydrogen-bond donors (Lipinski definition) is 2. The molecule has 0 radical (unpaired) electrons. The molecule has 29 heavy (non-hydrogen) atoms. The highest BCUT2D eigenvalue weighted by molar-refractivity contribution is 5.96. The SMILES string of the molecule is CCC(=O)c1ccc(C[C@@H](CNC(=O)N[C@@H](C)c2ccccn2)N(C)C)cc1F. The van der Waals surface area contributed by atoms with Crippen molar-refractivity contribution in [1.29, 1.82) is 0 Å². The van der Waals surface area contributed by atoms with Gasteiger partial charge in [0.1, 0.15) is 5.82 Å². The summed E-state index contributed by atoms with van der Waals surface area (Å²) in [6.45, 7) is 3.97. The molecule has 1 aromatic heterocycles. The molecule has 0 bridgehead atoms. The predicted octanol–water partition coefficient (Wildman–Crippen LogP) is 3.35. The van der Waals surface area contributed by atoms with E-state index in [2.05, 4.69) is 15.6 Å². The molecule has 0 fully saturated rings. The lowest BCUT2D eigenvalue weighted by Gasteiger charge is -2.25. The van der Waals surface area contributed by atoms with Crippen molar-refractivity contribution >= 4 is 11.8 Å². The Labute approximate surface area is 171 Å². The zero-order valence-electron chi connectivity index (χ0n) is 17.4. The fourth-order valence-electron chi connectivity index (χ4n) is 2.98. The molecule has 1 aromatic carbocycles. The van der Waals surface area contributed by atoms with Crippen molar-refractivity contribution in [3.05, 3.63) is 65.2 Å². The van der Waals surface area contributed by atoms with E-state index in [4.69, 9.17) is 0 Å². The van der Waals surface area contributed by atoms with Gasteiger partial charge in [0.25, 0.3) is 0 Å². The number of nitrogens with zero attached hydrogens (tertiary/aromatic N) is 2. The molecule has 7 heteroatoms. The Balaban J connectivity index is 1.94. The van der Waals surface area contributed by atoms with Gasteiger partial charge in [-0.1, -0.05) is 19.1 Å². The molecule has 156 valence electrons. The van der Waals surface area contributed by atoms with Gasteiger partial charge in [-0.2, -0.15) is 0 Å². The normalized spacial score (nSPS) is 13.0. The highest BCUT2D eigenvalue weighted by atomic mass is 19.1. The van der Waals surface area contributed by atoms with Crippen LogP contribution in [0.2, 0.25) is 0 Å². The molecular weight excluding hydrogens is 371 g/mol. The fourth-order valence-corrected chi connectivity index (χ4v) is 2.98. The minimum absolute atomic E-state index is 0.0296. The van der Waals surface area contributed by atoms with Crippen molar-refractivity contribution < 1.29 is 14.0 Å². The number of pyridine rings is 1. The average molecular weight is 400 g/mol. The van der Waals surface area contributed by atoms with E-state index in [1.165, 1.54) is 12.1 Å². The molecule has 0 aliphatic heterocycles. The first-order valence-electron chi connectivity index (χ1n) is 9.75. The monoisotopic (exact) mass is 400 g/mol. The molecule has 2 rings (SSSR count). The van der Waals surface area contributed by atoms with Crippen LogP contribution in [0.15, 0.2) is 42.6 Å². The summed E-state index contributed by atoms with van der Waals surface area (Å²) in [6, 6.07) is 9.74. The fraction of sp³-hybridized carbons (Fsp3) is 0.409. The van der Waals surface area contributed by atoms with Gasteiger partial charge >= 0.3 is 6.03 Å². The Morgan fingerprint density at radius 1 is 1.21 bits per heavy atom. The molecule has 0 aliphatic carbocycles. The highest BCUT2D eigenvalue weighted by Crippen LogP contribution is 2.15. The number of halogens is 1. The third-order valence-corrected chi connectivity index (χ3v) is 4.83. The summed E-state index contributed by atoms with van der Waals surface area (Å²) in [5, 5.41) is 5.73. The quantitative estimate of drug-likeness (QED) is 0.633. The van der Waals surface area contributed by atoms with E-state index in [9.17, 15) is 14.0 Å². The van der Waals surface area contributed by atoms with Gasteiger partial charge in [-0.3, -0.25) is 9.78 Å². The van der Waals surface area contributed by atoms with Crippen LogP contribution < -0.4 is 10.6 Å². The van der Waals surface area contributed by atoms with Gasteiger partial charge in [0.05, 0.1) is 17.3 Å². The molecule has 2 atom stereocenters. The minimum atomic E-state index is -0.498. The topological polar surface area (TPSA) is 74.3 Å². The van der Waals surface area contributed by atoms with Crippen molar-refractivity contribution in [1.82, 2.24) is 20.5 Å². The summed E-state index contributed by atoms with van der Waals surface area (Å²) in [6.07, 6.45) is 2.50. The van der Waals surface area contributed by atoms with Crippen LogP contribution in [0.25, 0.3) is 0 Å². The molecule has 2 amide bonds. The number of nitrogens with one attached hydrogen (secondary N) is 2. The van der Waals surface area contributed by atoms with Crippen LogP contribution in [0, 0.1) is 5.82 Å². The van der Waals surface area contributed by atoms with Crippen molar-refractivity contribution in [2.75, 3.05) is 20.6 Å². The number of urea groups is 1. The third kappa shape index (κ3) is 6.64. The first kappa shape index (κ1) is 22.5. The molecule has 1 heterocycles. The number of aromatic nitrogens is 1. The number of likely N-dealkylation sites (N-methyl/N-ethyl adjacent to an activating group) is 1. The summed E-state index contributed by atoms with van der Waals surface area (Å²) in [5.41, 5.74) is 1.68. The van der Waals surface area contributed by atoms with Gasteiger partial charge in [-0.15, -0.1) is 0 Å². The van der Waals surface area contributed by atoms with Crippen LogP contribution in [0.4, 0.5) is 9.18 Å². The van der Waals surface area contributed by atoms with Crippen molar-refractivity contribution in [3.8, 4) is 0 Å². The molecule has 0 saturated carbocycles. The summed E-state index contributed by atoms with van der Waals surface area (Å²) in [5.74, 6) is -0.708. The highest BCUT2D eigenvalue weighted by Gasteiger charge is 2.17. The minimum Gasteiger partial charge on any atom is -0.337 e. The maximum atomic E-state index is 14.2. The maximum absolute atomic E-state index is 14.2. The third-order valence-electron chi connectivity index (χ3n) is 4.83. The van der Waals surface area contributed by atoms with Gasteiger partial charge < -0.3 is 15.5 Å². The Morgan fingerprint density at radius 2 is 1.97 bits per heavy atom. The van der Waals surface area contributed by atoms with E-state index in [1.807, 2.05) is 44.1 Å². The number of carbonyl (C=O) groups excluding carboxylic acids is 2. The van der Waals surface area contributed by atoms with Crippen LogP contribution in [-0.2, 0) is 6.42 Å². The lowest BCUT2D eigenvalue weighted by atomic mass is 10.0. The van der Waals surface area contributed by atoms with Gasteiger partial charge in [0.2, 0.25) is 0 Å². The summed E-state index contributed by atoms with van der Waals surface area (Å²) in [7, 11) is 3.82. The Bertz CT molecular complexity index is 827. The number of amides is 2. The zero-order chi connectivity index (χ0) is 21.4. The van der Waals surface area contributed by atoms with Crippen molar-refractivity contribution in [2.45, 2.75) is 38.8 Å². The molecule has 0 saturated heterocycles. The smallest absolute Gasteiger partial charge is 0.315 e. The molecule has 0 aliphatic rings. The Kier molecular flexibility index (Phi) is 8.27. The second-order valence-electron chi connectivity index (χ2n) is 7.24. The molecular formula is C22H29FN4O2. The lowest BCUT2D eigenvalue weighted by molar-refractivity contribution is 0.0984. The maximum Gasteiger partial charge on any atom is 0.315 e. The van der Waals surface area contributed by atoms with E-state index in [0.29, 0.717) is 13.0 Å². The van der Waals surface area contributed by atoms with Crippen molar-refractivity contribution in [3.63, 3.8) is 0 Å². The van der Waals surface area contributed by atoms with E-state index in [0.717, 1.165) is 11.3 Å². The second kappa shape index (κ2) is 10.7. The molecule has 0 spiro atoms. The van der Waals surface area contributed by atoms with Gasteiger partial charge in [0, 0.05) is 25.2 Å². The first-order chi connectivity index (χ1) is 13.8. The van der Waals surface area contributed by atoms with Crippen LogP contribution in [-0.4, -0.2) is 48.4 Å². The zero-order valence-corrected chi connectivity index (χ0v) is 17.4. The molecule has 2 aromatic rings. The summed E-state index contributed by atoms with van der Waals surface area (Å²) in [4.78, 5) is 30.2. The number of benzene rings is 1. The summed E-state index contributed by atoms with van der Waals surface area (Å²) >= 11 is 0. The van der Waals surface area contributed by atoms with Gasteiger partial charge in [-0.25, -0.2) is 9.18 Å². The average Bonchev–Trinajstić information content (AvgIpc) is 2.71. The number of rotatable bonds is 9. The number of ketones is 1. The van der Waals surface area contributed by atoms with Crippen LogP contribution >= 0.6 is 0 Å². The van der Waals surface area contributed by atoms with Crippen LogP contribution in [0.5, 0.6) is 0 Å². The van der Waals surface area contributed by atoms with E-state index < -0.39 is 5.82 Å². The Morgan fingerprint density at radius 3 is 2.55 bits per heavy atom. The molecule has 2 N–H and O–H groups in total. The predicted molar refractivity (Wildman–Crippen MR) is 111 cm³/mol. The second-order valence-corrected chi connectivity index (χ2v) is 7.24. The standard InChI is InChI=1S/C22H29FN4O2/c1-5-21(28)18-10-9-16(13-19(18)23)12-17(27(3)4)14-25-22(29)26-15(2)20-8-6-7-11-24-20/h6-11,13,15,17H,5,12,14H2,1-4H3,(H2,25,26,29)/t15-,17-/m0/s1. The molecule has 0 unspecified atom stereocenters. The number of Topliss-reactive ketones (excluding diaryl/α,β-unsaturated/α-hetero) is 1. The summed E-state index contributed by atoms with van der Waals surface area (Å²) < 4.78 is 14.2. The van der Waals surface area contributed by atoms with Gasteiger partial charge in [-0.05, 0) is 57.3 Å².